The molecule has 2 aromatic carbocycles. The Hall–Kier alpha value is -2.62. The monoisotopic (exact) mass is 324 g/mol. The van der Waals surface area contributed by atoms with Crippen molar-refractivity contribution in [3.8, 4) is 0 Å². The summed E-state index contributed by atoms with van der Waals surface area (Å²) in [6.45, 7) is 5.91. The minimum Gasteiger partial charge on any atom is -0.358 e. The number of nitrogens with one attached hydrogen (secondary N) is 1. The van der Waals surface area contributed by atoms with Crippen molar-refractivity contribution in [2.45, 2.75) is 27.2 Å². The molecule has 0 radical (unpaired) electrons. The van der Waals surface area contributed by atoms with Crippen LogP contribution < -0.4 is 4.90 Å². The first kappa shape index (κ1) is 16.2. The Bertz CT molecular complexity index is 927. The third-order valence-electron chi connectivity index (χ3n) is 4.51. The van der Waals surface area contributed by atoms with Gasteiger partial charge in [-0.05, 0) is 61.7 Å². The van der Waals surface area contributed by atoms with Crippen LogP contribution in [-0.2, 0) is 11.2 Å². The lowest BCUT2D eigenvalue weighted by molar-refractivity contribution is -0.117. The molecule has 0 aliphatic rings. The summed E-state index contributed by atoms with van der Waals surface area (Å²) < 4.78 is 13.6. The van der Waals surface area contributed by atoms with E-state index < -0.39 is 0 Å². The fraction of sp³-hybridized carbons (Fsp3) is 0.250. The number of aromatic nitrogens is 1. The van der Waals surface area contributed by atoms with Crippen molar-refractivity contribution in [3.05, 3.63) is 64.6 Å². The molecule has 3 aromatic rings. The fourth-order valence-corrected chi connectivity index (χ4v) is 3.07. The molecule has 0 atom stereocenters. The van der Waals surface area contributed by atoms with Crippen LogP contribution in [0.4, 0.5) is 10.1 Å². The van der Waals surface area contributed by atoms with E-state index in [4.69, 9.17) is 0 Å². The molecular formula is C20H21FN2O. The van der Waals surface area contributed by atoms with Crippen molar-refractivity contribution in [3.63, 3.8) is 0 Å². The summed E-state index contributed by atoms with van der Waals surface area (Å²) >= 11 is 0. The van der Waals surface area contributed by atoms with Crippen molar-refractivity contribution in [2.75, 3.05) is 11.9 Å². The molecule has 0 bridgehead atoms. The van der Waals surface area contributed by atoms with E-state index in [1.807, 2.05) is 39.0 Å². The summed E-state index contributed by atoms with van der Waals surface area (Å²) in [6, 6.07) is 10.7. The number of nitrogens with zero attached hydrogens (tertiary/aromatic N) is 1. The number of fused-ring (bicyclic) bond motifs is 1. The SMILES string of the molecule is Cc1ccc(C)c(N(C)C(=O)Cc2c(C)[nH]c3ccc(F)cc23)c1. The van der Waals surface area contributed by atoms with Crippen LogP contribution in [0.3, 0.4) is 0 Å². The third-order valence-corrected chi connectivity index (χ3v) is 4.51. The first-order chi connectivity index (χ1) is 11.4. The Labute approximate surface area is 141 Å². The Morgan fingerprint density at radius 1 is 1.12 bits per heavy atom. The number of hydrogen-bond acceptors (Lipinski definition) is 1. The molecule has 1 N–H and O–H groups in total. The van der Waals surface area contributed by atoms with Gasteiger partial charge in [0.1, 0.15) is 5.82 Å². The molecule has 0 spiro atoms. The molecule has 124 valence electrons. The van der Waals surface area contributed by atoms with Crippen LogP contribution in [0.2, 0.25) is 0 Å². The minimum absolute atomic E-state index is 0.0167. The van der Waals surface area contributed by atoms with Gasteiger partial charge >= 0.3 is 0 Å². The summed E-state index contributed by atoms with van der Waals surface area (Å²) in [6.07, 6.45) is 0.235. The molecule has 1 heterocycles. The van der Waals surface area contributed by atoms with E-state index in [9.17, 15) is 9.18 Å². The van der Waals surface area contributed by atoms with Gasteiger partial charge in [0.2, 0.25) is 5.91 Å². The Morgan fingerprint density at radius 3 is 2.62 bits per heavy atom. The standard InChI is InChI=1S/C20H21FN2O/c1-12-5-6-13(2)19(9-12)23(4)20(24)11-16-14(3)22-18-8-7-15(21)10-17(16)18/h5-10,22H,11H2,1-4H3. The highest BCUT2D eigenvalue weighted by Crippen LogP contribution is 2.26. The molecule has 3 rings (SSSR count). The number of halogens is 1. The zero-order chi connectivity index (χ0) is 17.4. The van der Waals surface area contributed by atoms with E-state index >= 15 is 0 Å². The zero-order valence-electron chi connectivity index (χ0n) is 14.4. The van der Waals surface area contributed by atoms with Gasteiger partial charge in [-0.15, -0.1) is 0 Å². The summed E-state index contributed by atoms with van der Waals surface area (Å²) in [5.41, 5.74) is 5.68. The number of likely N-dealkylation sites (N-methyl/N-ethyl adjacent to an activating group) is 1. The lowest BCUT2D eigenvalue weighted by atomic mass is 10.1. The topological polar surface area (TPSA) is 36.1 Å². The second kappa shape index (κ2) is 6.11. The Balaban J connectivity index is 1.93. The molecule has 3 nitrogen and oxygen atoms in total. The lowest BCUT2D eigenvalue weighted by Crippen LogP contribution is -2.28. The Morgan fingerprint density at radius 2 is 1.88 bits per heavy atom. The smallest absolute Gasteiger partial charge is 0.231 e. The zero-order valence-corrected chi connectivity index (χ0v) is 14.4. The summed E-state index contributed by atoms with van der Waals surface area (Å²) in [4.78, 5) is 17.7. The first-order valence-electron chi connectivity index (χ1n) is 7.97. The second-order valence-corrected chi connectivity index (χ2v) is 6.34. The largest absolute Gasteiger partial charge is 0.358 e. The van der Waals surface area contributed by atoms with Gasteiger partial charge in [0.25, 0.3) is 0 Å². The van der Waals surface area contributed by atoms with Crippen LogP contribution in [-0.4, -0.2) is 17.9 Å². The van der Waals surface area contributed by atoms with Crippen LogP contribution >= 0.6 is 0 Å². The lowest BCUT2D eigenvalue weighted by Gasteiger charge is -2.20. The number of rotatable bonds is 3. The summed E-state index contributed by atoms with van der Waals surface area (Å²) in [7, 11) is 1.79. The molecule has 4 heteroatoms. The average molecular weight is 324 g/mol. The number of H-pyrrole nitrogens is 1. The number of benzene rings is 2. The number of hydrogen-bond donors (Lipinski definition) is 1. The molecule has 0 saturated heterocycles. The maximum Gasteiger partial charge on any atom is 0.231 e. The molecule has 0 fully saturated rings. The summed E-state index contributed by atoms with van der Waals surface area (Å²) in [5, 5.41) is 0.773. The molecule has 24 heavy (non-hydrogen) atoms. The van der Waals surface area contributed by atoms with Crippen LogP contribution in [0.15, 0.2) is 36.4 Å². The van der Waals surface area contributed by atoms with E-state index in [-0.39, 0.29) is 18.1 Å². The van der Waals surface area contributed by atoms with Gasteiger partial charge in [0.15, 0.2) is 0 Å². The highest BCUT2D eigenvalue weighted by molar-refractivity contribution is 5.98. The van der Waals surface area contributed by atoms with E-state index in [0.29, 0.717) is 0 Å². The normalized spacial score (nSPS) is 11.0. The second-order valence-electron chi connectivity index (χ2n) is 6.34. The Kier molecular flexibility index (Phi) is 4.14. The first-order valence-corrected chi connectivity index (χ1v) is 7.97. The van der Waals surface area contributed by atoms with Crippen molar-refractivity contribution in [1.82, 2.24) is 4.98 Å². The van der Waals surface area contributed by atoms with Crippen LogP contribution in [0.1, 0.15) is 22.4 Å². The maximum atomic E-state index is 13.6. The highest BCUT2D eigenvalue weighted by atomic mass is 19.1. The quantitative estimate of drug-likeness (QED) is 0.760. The number of anilines is 1. The molecule has 1 amide bonds. The number of carbonyl (C=O) groups excluding carboxylic acids is 1. The molecule has 0 aliphatic heterocycles. The van der Waals surface area contributed by atoms with Crippen LogP contribution in [0.25, 0.3) is 10.9 Å². The molecular weight excluding hydrogens is 303 g/mol. The van der Waals surface area contributed by atoms with E-state index in [2.05, 4.69) is 4.98 Å². The van der Waals surface area contributed by atoms with Gasteiger partial charge in [0, 0.05) is 29.3 Å². The minimum atomic E-state index is -0.293. The predicted molar refractivity (Wildman–Crippen MR) is 96.0 cm³/mol. The molecule has 0 aliphatic carbocycles. The van der Waals surface area contributed by atoms with E-state index in [0.717, 1.165) is 39.0 Å². The van der Waals surface area contributed by atoms with Gasteiger partial charge in [0.05, 0.1) is 6.42 Å². The van der Waals surface area contributed by atoms with Crippen molar-refractivity contribution in [2.24, 2.45) is 0 Å². The number of carbonyl (C=O) groups is 1. The molecule has 0 unspecified atom stereocenters. The molecule has 0 saturated carbocycles. The van der Waals surface area contributed by atoms with Crippen molar-refractivity contribution >= 4 is 22.5 Å². The van der Waals surface area contributed by atoms with Gasteiger partial charge in [-0.3, -0.25) is 4.79 Å². The van der Waals surface area contributed by atoms with E-state index in [1.165, 1.54) is 12.1 Å². The maximum absolute atomic E-state index is 13.6. The molecule has 1 aromatic heterocycles. The van der Waals surface area contributed by atoms with E-state index in [1.54, 1.807) is 18.0 Å². The third kappa shape index (κ3) is 2.92. The average Bonchev–Trinajstić information content (AvgIpc) is 2.84. The van der Waals surface area contributed by atoms with Crippen molar-refractivity contribution in [1.29, 1.82) is 0 Å². The van der Waals surface area contributed by atoms with Crippen LogP contribution in [0, 0.1) is 26.6 Å². The van der Waals surface area contributed by atoms with Gasteiger partial charge < -0.3 is 9.88 Å². The van der Waals surface area contributed by atoms with Gasteiger partial charge in [-0.25, -0.2) is 4.39 Å². The number of aryl methyl sites for hydroxylation is 3. The van der Waals surface area contributed by atoms with Crippen LogP contribution in [0.5, 0.6) is 0 Å². The van der Waals surface area contributed by atoms with Crippen molar-refractivity contribution < 1.29 is 9.18 Å². The summed E-state index contributed by atoms with van der Waals surface area (Å²) in [5.74, 6) is -0.310. The highest BCUT2D eigenvalue weighted by Gasteiger charge is 2.18. The predicted octanol–water partition coefficient (Wildman–Crippen LogP) is 4.44. The number of amides is 1. The fourth-order valence-electron chi connectivity index (χ4n) is 3.07. The number of aromatic amines is 1. The van der Waals surface area contributed by atoms with Gasteiger partial charge in [-0.2, -0.15) is 0 Å². The van der Waals surface area contributed by atoms with Gasteiger partial charge in [-0.1, -0.05) is 12.1 Å².